The number of carbonyl (C=O) groups excluding carboxylic acids is 1. The Bertz CT molecular complexity index is 397. The van der Waals surface area contributed by atoms with Crippen LogP contribution in [-0.4, -0.2) is 93.7 Å². The van der Waals surface area contributed by atoms with Gasteiger partial charge < -0.3 is 30.3 Å². The van der Waals surface area contributed by atoms with Gasteiger partial charge >= 0.3 is 5.97 Å². The molecule has 0 amide bonds. The van der Waals surface area contributed by atoms with Crippen LogP contribution in [0.1, 0.15) is 65.2 Å². The Morgan fingerprint density at radius 3 is 2.00 bits per heavy atom. The van der Waals surface area contributed by atoms with Crippen LogP contribution in [0, 0.1) is 0 Å². The van der Waals surface area contributed by atoms with E-state index in [0.29, 0.717) is 6.54 Å². The lowest BCUT2D eigenvalue weighted by Gasteiger charge is -2.34. The van der Waals surface area contributed by atoms with Crippen LogP contribution in [0.3, 0.4) is 0 Å². The highest BCUT2D eigenvalue weighted by atomic mass is 16.5. The molecular formula is C20H41NO7. The topological polar surface area (TPSA) is 131 Å². The van der Waals surface area contributed by atoms with Crippen LogP contribution in [0.15, 0.2) is 0 Å². The number of unbranched alkanes of at least 4 members (excludes halogenated alkanes) is 6. The second-order valence-corrected chi connectivity index (χ2v) is 7.44. The second-order valence-electron chi connectivity index (χ2n) is 7.44. The van der Waals surface area contributed by atoms with Crippen molar-refractivity contribution < 1.29 is 35.1 Å². The molecule has 0 aliphatic rings. The van der Waals surface area contributed by atoms with Gasteiger partial charge in [-0.3, -0.25) is 9.69 Å². The summed E-state index contributed by atoms with van der Waals surface area (Å²) in [6, 6.07) is -1.18. The Morgan fingerprint density at radius 1 is 0.857 bits per heavy atom. The highest BCUT2D eigenvalue weighted by Gasteiger charge is 2.40. The monoisotopic (exact) mass is 407 g/mol. The van der Waals surface area contributed by atoms with Crippen molar-refractivity contribution in [3.05, 3.63) is 0 Å². The molecule has 0 saturated carbocycles. The fourth-order valence-electron chi connectivity index (χ4n) is 2.99. The van der Waals surface area contributed by atoms with E-state index in [1.165, 1.54) is 6.42 Å². The normalized spacial score (nSPS) is 17.2. The summed E-state index contributed by atoms with van der Waals surface area (Å²) in [7, 11) is 1.64. The number of ether oxygens (including phenoxy) is 1. The average molecular weight is 408 g/mol. The predicted octanol–water partition coefficient (Wildman–Crippen LogP) is 0.427. The molecule has 0 aromatic heterocycles. The number of aliphatic hydroxyl groups is 5. The Balaban J connectivity index is 4.83. The van der Waals surface area contributed by atoms with E-state index >= 15 is 0 Å². The minimum atomic E-state index is -1.81. The number of likely N-dealkylation sites (N-methyl/N-ethyl adjacent to an activating group) is 1. The third-order valence-electron chi connectivity index (χ3n) is 4.93. The van der Waals surface area contributed by atoms with Crippen molar-refractivity contribution >= 4 is 5.97 Å². The minimum Gasteiger partial charge on any atom is -0.464 e. The van der Waals surface area contributed by atoms with Gasteiger partial charge in [0.1, 0.15) is 30.5 Å². The zero-order valence-electron chi connectivity index (χ0n) is 17.7. The van der Waals surface area contributed by atoms with Crippen LogP contribution in [0.25, 0.3) is 0 Å². The molecule has 0 saturated heterocycles. The molecule has 0 bridgehead atoms. The number of nitrogens with zero attached hydrogens (tertiary/aromatic N) is 1. The van der Waals surface area contributed by atoms with E-state index in [1.807, 2.05) is 6.92 Å². The SMILES string of the molecule is CCCCCCCCOC(=O)C([C@H](O)[C@@H](O)[C@H](O)[C@H](O)CO)N(C)CCCC. The molecule has 5 atom stereocenters. The summed E-state index contributed by atoms with van der Waals surface area (Å²) < 4.78 is 5.30. The van der Waals surface area contributed by atoms with Crippen molar-refractivity contribution in [2.45, 2.75) is 95.7 Å². The summed E-state index contributed by atoms with van der Waals surface area (Å²) in [4.78, 5) is 14.1. The Kier molecular flexibility index (Phi) is 15.6. The maximum Gasteiger partial charge on any atom is 0.326 e. The number of carbonyl (C=O) groups is 1. The Hall–Kier alpha value is -0.770. The van der Waals surface area contributed by atoms with Gasteiger partial charge in [0.2, 0.25) is 0 Å². The van der Waals surface area contributed by atoms with Crippen molar-refractivity contribution in [3.63, 3.8) is 0 Å². The summed E-state index contributed by atoms with van der Waals surface area (Å²) in [6.07, 6.45) is 1.05. The first-order valence-corrected chi connectivity index (χ1v) is 10.5. The van der Waals surface area contributed by atoms with E-state index in [1.54, 1.807) is 11.9 Å². The fourth-order valence-corrected chi connectivity index (χ4v) is 2.99. The van der Waals surface area contributed by atoms with Gasteiger partial charge in [0.15, 0.2) is 0 Å². The van der Waals surface area contributed by atoms with Crippen LogP contribution in [-0.2, 0) is 9.53 Å². The molecular weight excluding hydrogens is 366 g/mol. The molecule has 0 spiro atoms. The molecule has 28 heavy (non-hydrogen) atoms. The number of hydrogen-bond acceptors (Lipinski definition) is 8. The smallest absolute Gasteiger partial charge is 0.326 e. The van der Waals surface area contributed by atoms with Gasteiger partial charge in [-0.25, -0.2) is 0 Å². The van der Waals surface area contributed by atoms with Crippen molar-refractivity contribution in [2.24, 2.45) is 0 Å². The molecule has 0 aromatic rings. The molecule has 0 aromatic carbocycles. The molecule has 0 aliphatic carbocycles. The van der Waals surface area contributed by atoms with Crippen molar-refractivity contribution in [1.82, 2.24) is 4.90 Å². The van der Waals surface area contributed by atoms with Crippen molar-refractivity contribution in [2.75, 3.05) is 26.8 Å². The maximum absolute atomic E-state index is 12.6. The molecule has 0 radical (unpaired) electrons. The Morgan fingerprint density at radius 2 is 1.43 bits per heavy atom. The zero-order chi connectivity index (χ0) is 21.5. The number of hydrogen-bond donors (Lipinski definition) is 5. The van der Waals surface area contributed by atoms with Gasteiger partial charge in [-0.05, 0) is 26.4 Å². The fraction of sp³-hybridized carbons (Fsp3) is 0.950. The summed E-state index contributed by atoms with van der Waals surface area (Å²) in [6.45, 7) is 4.09. The summed E-state index contributed by atoms with van der Waals surface area (Å²) >= 11 is 0. The van der Waals surface area contributed by atoms with E-state index in [4.69, 9.17) is 9.84 Å². The lowest BCUT2D eigenvalue weighted by Crippen LogP contribution is -2.57. The van der Waals surface area contributed by atoms with Gasteiger partial charge in [0.05, 0.1) is 13.2 Å². The van der Waals surface area contributed by atoms with Gasteiger partial charge in [-0.2, -0.15) is 0 Å². The van der Waals surface area contributed by atoms with Crippen molar-refractivity contribution in [1.29, 1.82) is 0 Å². The molecule has 5 N–H and O–H groups in total. The minimum absolute atomic E-state index is 0.230. The molecule has 8 heteroatoms. The third-order valence-corrected chi connectivity index (χ3v) is 4.93. The highest BCUT2D eigenvalue weighted by molar-refractivity contribution is 5.76. The number of esters is 1. The van der Waals surface area contributed by atoms with Gasteiger partial charge in [-0.1, -0.05) is 52.4 Å². The van der Waals surface area contributed by atoms with E-state index in [-0.39, 0.29) is 6.61 Å². The lowest BCUT2D eigenvalue weighted by molar-refractivity contribution is -0.166. The van der Waals surface area contributed by atoms with Crippen LogP contribution < -0.4 is 0 Å². The number of rotatable bonds is 17. The van der Waals surface area contributed by atoms with Crippen LogP contribution in [0.5, 0.6) is 0 Å². The lowest BCUT2D eigenvalue weighted by atomic mass is 9.96. The van der Waals surface area contributed by atoms with Crippen LogP contribution in [0.4, 0.5) is 0 Å². The van der Waals surface area contributed by atoms with Gasteiger partial charge in [0.25, 0.3) is 0 Å². The summed E-state index contributed by atoms with van der Waals surface area (Å²) in [5, 5.41) is 49.0. The first kappa shape index (κ1) is 27.2. The van der Waals surface area contributed by atoms with Crippen molar-refractivity contribution in [3.8, 4) is 0 Å². The molecule has 0 fully saturated rings. The first-order chi connectivity index (χ1) is 13.3. The first-order valence-electron chi connectivity index (χ1n) is 10.5. The van der Waals surface area contributed by atoms with Crippen LogP contribution in [0.2, 0.25) is 0 Å². The van der Waals surface area contributed by atoms with Gasteiger partial charge in [-0.15, -0.1) is 0 Å². The molecule has 0 aliphatic heterocycles. The average Bonchev–Trinajstić information content (AvgIpc) is 2.69. The van der Waals surface area contributed by atoms with E-state index in [2.05, 4.69) is 6.92 Å². The standard InChI is InChI=1S/C20H41NO7/c1-4-6-8-9-10-11-13-28-20(27)16(21(3)12-7-5-2)18(25)19(26)17(24)15(23)14-22/h15-19,22-26H,4-14H2,1-3H3/t15-,16?,17-,18+,19+/m1/s1. The maximum atomic E-state index is 12.6. The summed E-state index contributed by atoms with van der Waals surface area (Å²) in [5.41, 5.74) is 0. The molecule has 168 valence electrons. The number of aliphatic hydroxyl groups excluding tert-OH is 5. The molecule has 1 unspecified atom stereocenters. The van der Waals surface area contributed by atoms with Gasteiger partial charge in [0, 0.05) is 0 Å². The quantitative estimate of drug-likeness (QED) is 0.173. The second kappa shape index (κ2) is 16.1. The highest BCUT2D eigenvalue weighted by Crippen LogP contribution is 2.15. The largest absolute Gasteiger partial charge is 0.464 e. The Labute approximate surface area is 169 Å². The van der Waals surface area contributed by atoms with E-state index in [9.17, 15) is 25.2 Å². The van der Waals surface area contributed by atoms with E-state index in [0.717, 1.165) is 44.9 Å². The zero-order valence-corrected chi connectivity index (χ0v) is 17.7. The predicted molar refractivity (Wildman–Crippen MR) is 107 cm³/mol. The van der Waals surface area contributed by atoms with E-state index < -0.39 is 43.0 Å². The summed E-state index contributed by atoms with van der Waals surface area (Å²) in [5.74, 6) is -0.676. The molecule has 0 heterocycles. The molecule has 0 rings (SSSR count). The molecule has 8 nitrogen and oxygen atoms in total. The van der Waals surface area contributed by atoms with Crippen LogP contribution >= 0.6 is 0 Å². The third kappa shape index (κ3) is 10.1.